The van der Waals surface area contributed by atoms with Gasteiger partial charge in [0.05, 0.1) is 0 Å². The maximum absolute atomic E-state index is 9.10. The van der Waals surface area contributed by atoms with E-state index in [0.717, 1.165) is 27.7 Å². The molecule has 6 N–H and O–H groups in total. The van der Waals surface area contributed by atoms with Gasteiger partial charge in [-0.05, 0) is 0 Å². The zero-order valence-corrected chi connectivity index (χ0v) is 12.1. The number of hydrogen-bond acceptors (Lipinski definition) is 6. The van der Waals surface area contributed by atoms with Gasteiger partial charge in [0.1, 0.15) is 0 Å². The van der Waals surface area contributed by atoms with Crippen LogP contribution in [0.5, 0.6) is 0 Å². The third-order valence-corrected chi connectivity index (χ3v) is 0.183. The van der Waals surface area contributed by atoms with Gasteiger partial charge in [-0.3, -0.25) is 19.2 Å². The van der Waals surface area contributed by atoms with E-state index in [2.05, 4.69) is 0 Å². The first-order valence-corrected chi connectivity index (χ1v) is 4.82. The van der Waals surface area contributed by atoms with Gasteiger partial charge in [-0.25, -0.2) is 9.59 Å². The summed E-state index contributed by atoms with van der Waals surface area (Å²) in [5.41, 5.74) is 0. The second-order valence-corrected chi connectivity index (χ2v) is 2.69. The second-order valence-electron chi connectivity index (χ2n) is 2.69. The van der Waals surface area contributed by atoms with Gasteiger partial charge in [-0.2, -0.15) is 0 Å². The van der Waals surface area contributed by atoms with Crippen LogP contribution < -0.4 is 0 Å². The van der Waals surface area contributed by atoms with Gasteiger partial charge in [0.25, 0.3) is 23.9 Å². The standard InChI is InChI=1S/C2H2O4.4C2H4O2.Ca.2Na.4H/c3-1(4)2(5)6;4*1-2(3)4;;;;;;;/h(H,3,4)(H,5,6);4*1H3,(H,3,4);;;;;;;. The fraction of sp³-hybridized carbons (Fsp3) is 0.400. The molecule has 0 aliphatic rings. The normalized spacial score (nSPS) is 5.76. The molecule has 0 aromatic carbocycles. The van der Waals surface area contributed by atoms with E-state index >= 15 is 0 Å². The van der Waals surface area contributed by atoms with Crippen molar-refractivity contribution < 1.29 is 59.4 Å². The Bertz CT molecular complexity index is 310. The number of rotatable bonds is 0. The Labute approximate surface area is 217 Å². The summed E-state index contributed by atoms with van der Waals surface area (Å²) in [5, 5.41) is 44.4. The van der Waals surface area contributed by atoms with E-state index in [0.29, 0.717) is 0 Å². The molecule has 25 heavy (non-hydrogen) atoms. The summed E-state index contributed by atoms with van der Waals surface area (Å²) in [4.78, 5) is 54.2. The van der Waals surface area contributed by atoms with E-state index in [-0.39, 0.29) is 96.9 Å². The third kappa shape index (κ3) is 705. The van der Waals surface area contributed by atoms with Crippen LogP contribution in [-0.2, 0) is 28.8 Å². The van der Waals surface area contributed by atoms with Gasteiger partial charge in [-0.15, -0.1) is 0 Å². The average Bonchev–Trinajstić information content (AvgIpc) is 2.12. The molecule has 0 bridgehead atoms. The van der Waals surface area contributed by atoms with Crippen molar-refractivity contribution >= 4 is 133 Å². The van der Waals surface area contributed by atoms with Gasteiger partial charge >= 0.3 is 109 Å². The molecule has 0 saturated heterocycles. The summed E-state index contributed by atoms with van der Waals surface area (Å²) in [6.07, 6.45) is 0. The van der Waals surface area contributed by atoms with Gasteiger partial charge in [-0.1, -0.05) is 0 Å². The summed E-state index contributed by atoms with van der Waals surface area (Å²) in [7, 11) is 0. The molecule has 0 aliphatic carbocycles. The van der Waals surface area contributed by atoms with E-state index in [1.54, 1.807) is 0 Å². The molecule has 0 saturated carbocycles. The zero-order chi connectivity index (χ0) is 19.5. The summed E-state index contributed by atoms with van der Waals surface area (Å²) in [6, 6.07) is 0. The quantitative estimate of drug-likeness (QED) is 0.174. The van der Waals surface area contributed by atoms with Crippen LogP contribution in [0.2, 0.25) is 0 Å². The summed E-state index contributed by atoms with van der Waals surface area (Å²) < 4.78 is 0. The molecule has 0 fully saturated rings. The van der Waals surface area contributed by atoms with E-state index in [4.69, 9.17) is 59.4 Å². The molecule has 138 valence electrons. The van der Waals surface area contributed by atoms with Crippen molar-refractivity contribution in [2.45, 2.75) is 27.7 Å². The van der Waals surface area contributed by atoms with Crippen molar-refractivity contribution in [3.8, 4) is 0 Å². The Morgan fingerprint density at radius 1 is 0.440 bits per heavy atom. The minimum absolute atomic E-state index is 0. The first kappa shape index (κ1) is 49.8. The van der Waals surface area contributed by atoms with Crippen molar-refractivity contribution in [3.63, 3.8) is 0 Å². The SMILES string of the molecule is CC(=O)O.CC(=O)O.CC(=O)O.CC(=O)O.O=C(O)C(=O)O.[CaH2].[NaH].[NaH]. The molecule has 0 aromatic rings. The van der Waals surface area contributed by atoms with Gasteiger partial charge in [0.15, 0.2) is 0 Å². The summed E-state index contributed by atoms with van der Waals surface area (Å²) in [6.45, 7) is 4.33. The fourth-order valence-corrected chi connectivity index (χ4v) is 0. The van der Waals surface area contributed by atoms with Crippen molar-refractivity contribution in [3.05, 3.63) is 0 Å². The predicted octanol–water partition coefficient (Wildman–Crippen LogP) is -2.69. The van der Waals surface area contributed by atoms with Crippen LogP contribution in [0.15, 0.2) is 0 Å². The molecule has 0 spiro atoms. The van der Waals surface area contributed by atoms with Crippen molar-refractivity contribution in [2.75, 3.05) is 0 Å². The van der Waals surface area contributed by atoms with Gasteiger partial charge in [0, 0.05) is 27.7 Å². The monoisotopic (exact) mass is 420 g/mol. The molecule has 0 aliphatic heterocycles. The van der Waals surface area contributed by atoms with Crippen LogP contribution in [0.3, 0.4) is 0 Å². The summed E-state index contributed by atoms with van der Waals surface area (Å²) >= 11 is 0. The second kappa shape index (κ2) is 39.2. The van der Waals surface area contributed by atoms with Gasteiger partial charge < -0.3 is 30.6 Å². The third-order valence-electron chi connectivity index (χ3n) is 0.183. The molecule has 15 heteroatoms. The van der Waals surface area contributed by atoms with Crippen molar-refractivity contribution in [1.29, 1.82) is 0 Å². The first-order chi connectivity index (χ1) is 9.57. The van der Waals surface area contributed by atoms with Crippen LogP contribution in [0.1, 0.15) is 27.7 Å². The van der Waals surface area contributed by atoms with Crippen LogP contribution in [0.4, 0.5) is 0 Å². The van der Waals surface area contributed by atoms with Gasteiger partial charge in [0.2, 0.25) is 0 Å². The van der Waals surface area contributed by atoms with E-state index in [1.165, 1.54) is 0 Å². The van der Waals surface area contributed by atoms with E-state index < -0.39 is 35.8 Å². The van der Waals surface area contributed by atoms with E-state index in [9.17, 15) is 0 Å². The molecule has 0 heterocycles. The van der Waals surface area contributed by atoms with Crippen LogP contribution in [0.25, 0.3) is 0 Å². The minimum atomic E-state index is -1.82. The van der Waals surface area contributed by atoms with Crippen LogP contribution in [0, 0.1) is 0 Å². The molecular weight excluding hydrogens is 398 g/mol. The van der Waals surface area contributed by atoms with Crippen molar-refractivity contribution in [2.24, 2.45) is 0 Å². The average molecular weight is 420 g/mol. The molecule has 0 radical (unpaired) electrons. The molecule has 0 atom stereocenters. The van der Waals surface area contributed by atoms with Crippen molar-refractivity contribution in [1.82, 2.24) is 0 Å². The molecular formula is C10H22CaNa2O12. The molecule has 0 unspecified atom stereocenters. The van der Waals surface area contributed by atoms with Crippen LogP contribution in [-0.4, -0.2) is 163 Å². The van der Waals surface area contributed by atoms with E-state index in [1.807, 2.05) is 0 Å². The number of carboxylic acids is 6. The number of carbonyl (C=O) groups is 6. The zero-order valence-electron chi connectivity index (χ0n) is 12.1. The van der Waals surface area contributed by atoms with Crippen LogP contribution >= 0.6 is 0 Å². The molecule has 0 amide bonds. The fourth-order valence-electron chi connectivity index (χ4n) is 0. The Kier molecular flexibility index (Phi) is 78.2. The maximum atomic E-state index is 9.10. The Balaban J connectivity index is -0.0000000236. The Hall–Kier alpha value is 0.0797. The summed E-state index contributed by atoms with van der Waals surface area (Å²) in [5.74, 6) is -6.98. The Morgan fingerprint density at radius 2 is 0.480 bits per heavy atom. The molecule has 0 aromatic heterocycles. The number of hydrogen-bond donors (Lipinski definition) is 6. The predicted molar refractivity (Wildman–Crippen MR) is 91.4 cm³/mol. The molecule has 12 nitrogen and oxygen atoms in total. The molecule has 0 rings (SSSR count). The Morgan fingerprint density at radius 3 is 0.480 bits per heavy atom. The number of carboxylic acid groups (broad SMARTS) is 6. The topological polar surface area (TPSA) is 224 Å². The number of aliphatic carboxylic acids is 6. The first-order valence-electron chi connectivity index (χ1n) is 4.82.